The average Bonchev–Trinajstić information content (AvgIpc) is 2.64. The molecule has 1 saturated carbocycles. The van der Waals surface area contributed by atoms with E-state index >= 15 is 0 Å². The fraction of sp³-hybridized carbons (Fsp3) is 0.562. The van der Waals surface area contributed by atoms with Gasteiger partial charge in [-0.1, -0.05) is 52.9 Å². The first-order valence-corrected chi connectivity index (χ1v) is 8.72. The van der Waals surface area contributed by atoms with E-state index in [-0.39, 0.29) is 11.9 Å². The molecule has 0 saturated heterocycles. The quantitative estimate of drug-likeness (QED) is 0.629. The zero-order valence-electron chi connectivity index (χ0n) is 12.1. The van der Waals surface area contributed by atoms with Gasteiger partial charge in [0.25, 0.3) is 5.91 Å². The predicted molar refractivity (Wildman–Crippen MR) is 89.3 cm³/mol. The van der Waals surface area contributed by atoms with Crippen LogP contribution in [0.5, 0.6) is 5.75 Å². The smallest absolute Gasteiger partial charge is 0.261 e. The molecule has 1 aliphatic rings. The number of hydrogen-bond donors (Lipinski definition) is 1. The number of carbonyl (C=O) groups is 1. The third-order valence-corrected chi connectivity index (χ3v) is 5.07. The number of halogens is 2. The van der Waals surface area contributed by atoms with Gasteiger partial charge in [0.15, 0.2) is 6.10 Å². The van der Waals surface area contributed by atoms with Crippen molar-refractivity contribution in [2.75, 3.05) is 0 Å². The van der Waals surface area contributed by atoms with Crippen molar-refractivity contribution in [3.05, 3.63) is 29.3 Å². The second-order valence-electron chi connectivity index (χ2n) is 5.49. The summed E-state index contributed by atoms with van der Waals surface area (Å²) in [6.45, 7) is 1.76. The molecule has 3 unspecified atom stereocenters. The van der Waals surface area contributed by atoms with E-state index in [1.165, 1.54) is 12.8 Å². The molecule has 116 valence electrons. The highest BCUT2D eigenvalue weighted by Crippen LogP contribution is 2.24. The van der Waals surface area contributed by atoms with Crippen molar-refractivity contribution in [3.8, 4) is 5.75 Å². The Kier molecular flexibility index (Phi) is 6.37. The lowest BCUT2D eigenvalue weighted by Gasteiger charge is -2.23. The number of alkyl halides is 1. The van der Waals surface area contributed by atoms with Crippen molar-refractivity contribution in [2.24, 2.45) is 0 Å². The van der Waals surface area contributed by atoms with Gasteiger partial charge in [-0.15, -0.1) is 0 Å². The molecule has 0 aliphatic heterocycles. The van der Waals surface area contributed by atoms with E-state index in [2.05, 4.69) is 21.2 Å². The number of hydrogen-bond acceptors (Lipinski definition) is 2. The Morgan fingerprint density at radius 3 is 2.90 bits per heavy atom. The molecule has 1 aromatic rings. The van der Waals surface area contributed by atoms with Crippen LogP contribution in [0.3, 0.4) is 0 Å². The standard InChI is InChI=1S/C16H21BrClNO2/c1-11(21-13-7-5-6-12(18)10-13)16(20)19-15-9-4-2-3-8-14(15)17/h5-7,10-11,14-15H,2-4,8-9H2,1H3,(H,19,20). The van der Waals surface area contributed by atoms with E-state index in [9.17, 15) is 4.79 Å². The largest absolute Gasteiger partial charge is 0.481 e. The van der Waals surface area contributed by atoms with Gasteiger partial charge in [0.05, 0.1) is 0 Å². The van der Waals surface area contributed by atoms with Crippen molar-refractivity contribution in [3.63, 3.8) is 0 Å². The maximum Gasteiger partial charge on any atom is 0.261 e. The van der Waals surface area contributed by atoms with Crippen molar-refractivity contribution in [1.29, 1.82) is 0 Å². The van der Waals surface area contributed by atoms with Crippen LogP contribution < -0.4 is 10.1 Å². The Balaban J connectivity index is 1.89. The molecule has 1 aliphatic carbocycles. The Morgan fingerprint density at radius 1 is 1.38 bits per heavy atom. The maximum atomic E-state index is 12.3. The van der Waals surface area contributed by atoms with Crippen molar-refractivity contribution in [2.45, 2.75) is 56.0 Å². The Morgan fingerprint density at radius 2 is 2.14 bits per heavy atom. The van der Waals surface area contributed by atoms with Gasteiger partial charge >= 0.3 is 0 Å². The van der Waals surface area contributed by atoms with Crippen LogP contribution in [0.25, 0.3) is 0 Å². The van der Waals surface area contributed by atoms with Crippen LogP contribution >= 0.6 is 27.5 Å². The topological polar surface area (TPSA) is 38.3 Å². The summed E-state index contributed by atoms with van der Waals surface area (Å²) in [6.07, 6.45) is 5.21. The lowest BCUT2D eigenvalue weighted by atomic mass is 10.1. The Labute approximate surface area is 139 Å². The van der Waals surface area contributed by atoms with E-state index in [1.54, 1.807) is 25.1 Å². The molecular weight excluding hydrogens is 354 g/mol. The van der Waals surface area contributed by atoms with Crippen LogP contribution in [0.15, 0.2) is 24.3 Å². The summed E-state index contributed by atoms with van der Waals surface area (Å²) in [6, 6.07) is 7.28. The molecule has 2 rings (SSSR count). The number of amides is 1. The fourth-order valence-corrected chi connectivity index (χ4v) is 3.42. The Hall–Kier alpha value is -0.740. The molecule has 0 aromatic heterocycles. The summed E-state index contributed by atoms with van der Waals surface area (Å²) in [7, 11) is 0. The minimum Gasteiger partial charge on any atom is -0.481 e. The molecule has 1 amide bonds. The van der Waals surface area contributed by atoms with Gasteiger partial charge in [-0.3, -0.25) is 4.79 Å². The summed E-state index contributed by atoms with van der Waals surface area (Å²) >= 11 is 9.60. The highest BCUT2D eigenvalue weighted by molar-refractivity contribution is 9.09. The minimum atomic E-state index is -0.536. The van der Waals surface area contributed by atoms with E-state index in [0.29, 0.717) is 15.6 Å². The molecule has 1 aromatic carbocycles. The molecular formula is C16H21BrClNO2. The van der Waals surface area contributed by atoms with Gasteiger partial charge in [0, 0.05) is 15.9 Å². The first-order valence-electron chi connectivity index (χ1n) is 7.43. The number of ether oxygens (including phenoxy) is 1. The SMILES string of the molecule is CC(Oc1cccc(Cl)c1)C(=O)NC1CCCCCC1Br. The third kappa shape index (κ3) is 5.19. The molecule has 3 atom stereocenters. The average molecular weight is 375 g/mol. The van der Waals surface area contributed by atoms with E-state index in [0.717, 1.165) is 19.3 Å². The second-order valence-corrected chi connectivity index (χ2v) is 7.10. The highest BCUT2D eigenvalue weighted by atomic mass is 79.9. The molecule has 0 radical (unpaired) electrons. The lowest BCUT2D eigenvalue weighted by Crippen LogP contribution is -2.45. The molecule has 0 spiro atoms. The molecule has 0 heterocycles. The maximum absolute atomic E-state index is 12.3. The second kappa shape index (κ2) is 8.04. The van der Waals surface area contributed by atoms with Crippen molar-refractivity contribution < 1.29 is 9.53 Å². The van der Waals surface area contributed by atoms with E-state index < -0.39 is 6.10 Å². The highest BCUT2D eigenvalue weighted by Gasteiger charge is 2.25. The van der Waals surface area contributed by atoms with Gasteiger partial charge in [0.1, 0.15) is 5.75 Å². The Bertz CT molecular complexity index is 483. The van der Waals surface area contributed by atoms with Crippen LogP contribution in [0.4, 0.5) is 0 Å². The summed E-state index contributed by atoms with van der Waals surface area (Å²) in [5, 5.41) is 3.70. The van der Waals surface area contributed by atoms with Gasteiger partial charge in [0.2, 0.25) is 0 Å². The van der Waals surface area contributed by atoms with E-state index in [1.807, 2.05) is 6.07 Å². The van der Waals surface area contributed by atoms with Crippen LogP contribution in [0.1, 0.15) is 39.0 Å². The zero-order valence-corrected chi connectivity index (χ0v) is 14.5. The number of carbonyl (C=O) groups excluding carboxylic acids is 1. The first-order chi connectivity index (χ1) is 10.1. The number of rotatable bonds is 4. The molecule has 1 fully saturated rings. The van der Waals surface area contributed by atoms with Crippen molar-refractivity contribution in [1.82, 2.24) is 5.32 Å². The lowest BCUT2D eigenvalue weighted by molar-refractivity contribution is -0.128. The fourth-order valence-electron chi connectivity index (χ4n) is 2.52. The third-order valence-electron chi connectivity index (χ3n) is 3.74. The van der Waals surface area contributed by atoms with Crippen LogP contribution in [-0.2, 0) is 4.79 Å². The van der Waals surface area contributed by atoms with Gasteiger partial charge < -0.3 is 10.1 Å². The predicted octanol–water partition coefficient (Wildman–Crippen LogP) is 4.32. The van der Waals surface area contributed by atoms with Gasteiger partial charge in [-0.25, -0.2) is 0 Å². The molecule has 0 bridgehead atoms. The van der Waals surface area contributed by atoms with Crippen LogP contribution in [0.2, 0.25) is 5.02 Å². The number of nitrogens with one attached hydrogen (secondary N) is 1. The molecule has 1 N–H and O–H groups in total. The molecule has 5 heteroatoms. The zero-order chi connectivity index (χ0) is 15.2. The van der Waals surface area contributed by atoms with Crippen molar-refractivity contribution >= 4 is 33.4 Å². The van der Waals surface area contributed by atoms with Gasteiger partial charge in [-0.05, 0) is 38.0 Å². The summed E-state index contributed by atoms with van der Waals surface area (Å²) < 4.78 is 5.65. The monoisotopic (exact) mass is 373 g/mol. The van der Waals surface area contributed by atoms with Crippen LogP contribution in [0, 0.1) is 0 Å². The first kappa shape index (κ1) is 16.6. The summed E-state index contributed by atoms with van der Waals surface area (Å²) in [5.41, 5.74) is 0. The number of benzene rings is 1. The normalized spacial score (nSPS) is 24.0. The van der Waals surface area contributed by atoms with Crippen LogP contribution in [-0.4, -0.2) is 22.9 Å². The summed E-state index contributed by atoms with van der Waals surface area (Å²) in [5.74, 6) is 0.535. The molecule has 21 heavy (non-hydrogen) atoms. The minimum absolute atomic E-state index is 0.0775. The van der Waals surface area contributed by atoms with Gasteiger partial charge in [-0.2, -0.15) is 0 Å². The molecule has 3 nitrogen and oxygen atoms in total. The van der Waals surface area contributed by atoms with E-state index in [4.69, 9.17) is 16.3 Å². The summed E-state index contributed by atoms with van der Waals surface area (Å²) in [4.78, 5) is 12.6.